The van der Waals surface area contributed by atoms with Crippen LogP contribution in [0.5, 0.6) is 0 Å². The Balaban J connectivity index is 2.03. The van der Waals surface area contributed by atoms with Gasteiger partial charge in [0.05, 0.1) is 16.2 Å². The minimum absolute atomic E-state index is 0.0111. The third kappa shape index (κ3) is 3.84. The van der Waals surface area contributed by atoms with Crippen LogP contribution in [-0.2, 0) is 0 Å². The van der Waals surface area contributed by atoms with Gasteiger partial charge in [-0.25, -0.2) is 9.78 Å². The number of halogens is 1. The number of anilines is 1. The van der Waals surface area contributed by atoms with Crippen molar-refractivity contribution in [3.05, 3.63) is 22.8 Å². The molecule has 1 aromatic heterocycles. The van der Waals surface area contributed by atoms with Crippen molar-refractivity contribution < 1.29 is 15.0 Å². The second kappa shape index (κ2) is 6.41. The first-order valence-electron chi connectivity index (χ1n) is 6.85. The predicted molar refractivity (Wildman–Crippen MR) is 77.3 cm³/mol. The number of aromatic nitrogens is 1. The molecule has 6 heteroatoms. The SMILES string of the molecule is O=C(O)c1cc(NCC2(O)CCCCCC2)ncc1Cl. The molecule has 1 aromatic rings. The Morgan fingerprint density at radius 2 is 2.00 bits per heavy atom. The number of nitrogens with one attached hydrogen (secondary N) is 1. The lowest BCUT2D eigenvalue weighted by Gasteiger charge is -2.27. The van der Waals surface area contributed by atoms with E-state index in [1.165, 1.54) is 12.3 Å². The number of carbonyl (C=O) groups is 1. The maximum Gasteiger partial charge on any atom is 0.337 e. The van der Waals surface area contributed by atoms with Crippen LogP contribution in [0, 0.1) is 0 Å². The first kappa shape index (κ1) is 15.1. The molecule has 2 rings (SSSR count). The van der Waals surface area contributed by atoms with Gasteiger partial charge in [0.1, 0.15) is 5.82 Å². The third-order valence-corrected chi connectivity index (χ3v) is 4.02. The van der Waals surface area contributed by atoms with Crippen molar-refractivity contribution in [3.63, 3.8) is 0 Å². The van der Waals surface area contributed by atoms with Crippen molar-refractivity contribution >= 4 is 23.4 Å². The third-order valence-electron chi connectivity index (χ3n) is 3.72. The molecule has 1 aliphatic rings. The summed E-state index contributed by atoms with van der Waals surface area (Å²) in [6.45, 7) is 0.376. The largest absolute Gasteiger partial charge is 0.478 e. The minimum atomic E-state index is -1.09. The summed E-state index contributed by atoms with van der Waals surface area (Å²) in [5.74, 6) is -0.668. The Kier molecular flexibility index (Phi) is 4.83. The lowest BCUT2D eigenvalue weighted by molar-refractivity contribution is 0.0380. The molecule has 1 heterocycles. The zero-order chi connectivity index (χ0) is 14.6. The summed E-state index contributed by atoms with van der Waals surface area (Å²) in [6, 6.07) is 1.39. The van der Waals surface area contributed by atoms with Crippen molar-refractivity contribution in [1.29, 1.82) is 0 Å². The molecule has 0 spiro atoms. The van der Waals surface area contributed by atoms with Gasteiger partial charge in [-0.1, -0.05) is 37.3 Å². The van der Waals surface area contributed by atoms with E-state index in [1.54, 1.807) is 0 Å². The van der Waals surface area contributed by atoms with Crippen molar-refractivity contribution in [2.75, 3.05) is 11.9 Å². The van der Waals surface area contributed by atoms with Gasteiger partial charge < -0.3 is 15.5 Å². The molecular weight excluding hydrogens is 280 g/mol. The standard InChI is InChI=1S/C14H19ClN2O3/c15-11-8-16-12(7-10(11)13(18)19)17-9-14(20)5-3-1-2-4-6-14/h7-8,20H,1-6,9H2,(H,16,17)(H,18,19). The Morgan fingerprint density at radius 1 is 1.35 bits per heavy atom. The number of hydrogen-bond donors (Lipinski definition) is 3. The number of aliphatic hydroxyl groups is 1. The molecule has 20 heavy (non-hydrogen) atoms. The van der Waals surface area contributed by atoms with E-state index < -0.39 is 11.6 Å². The van der Waals surface area contributed by atoms with Crippen molar-refractivity contribution in [1.82, 2.24) is 4.98 Å². The molecule has 0 aliphatic heterocycles. The molecular formula is C14H19ClN2O3. The normalized spacial score (nSPS) is 18.3. The van der Waals surface area contributed by atoms with Gasteiger partial charge in [0.25, 0.3) is 0 Å². The number of aromatic carboxylic acids is 1. The second-order valence-corrected chi connectivity index (χ2v) is 5.75. The molecule has 0 bridgehead atoms. The van der Waals surface area contributed by atoms with Gasteiger partial charge in [-0.05, 0) is 18.9 Å². The lowest BCUT2D eigenvalue weighted by atomic mass is 9.94. The highest BCUT2D eigenvalue weighted by atomic mass is 35.5. The van der Waals surface area contributed by atoms with E-state index in [4.69, 9.17) is 16.7 Å². The van der Waals surface area contributed by atoms with Crippen LogP contribution in [0.25, 0.3) is 0 Å². The summed E-state index contributed by atoms with van der Waals surface area (Å²) < 4.78 is 0. The highest BCUT2D eigenvalue weighted by Crippen LogP contribution is 2.27. The minimum Gasteiger partial charge on any atom is -0.478 e. The average Bonchev–Trinajstić information content (AvgIpc) is 2.63. The maximum atomic E-state index is 11.0. The number of carboxylic acids is 1. The predicted octanol–water partition coefficient (Wildman–Crippen LogP) is 2.93. The molecule has 5 nitrogen and oxygen atoms in total. The summed E-state index contributed by atoms with van der Waals surface area (Å²) in [5, 5.41) is 22.6. The Bertz CT molecular complexity index is 485. The van der Waals surface area contributed by atoms with E-state index in [1.807, 2.05) is 0 Å². The molecule has 110 valence electrons. The van der Waals surface area contributed by atoms with Crippen LogP contribution in [-0.4, -0.2) is 33.3 Å². The van der Waals surface area contributed by atoms with Crippen molar-refractivity contribution in [2.24, 2.45) is 0 Å². The van der Waals surface area contributed by atoms with Gasteiger partial charge in [0.15, 0.2) is 0 Å². The lowest BCUT2D eigenvalue weighted by Crippen LogP contribution is -2.36. The molecule has 0 aromatic carbocycles. The summed E-state index contributed by atoms with van der Waals surface area (Å²) in [6.07, 6.45) is 7.19. The quantitative estimate of drug-likeness (QED) is 0.745. The number of carboxylic acid groups (broad SMARTS) is 1. The molecule has 1 fully saturated rings. The fourth-order valence-corrected chi connectivity index (χ4v) is 2.70. The van der Waals surface area contributed by atoms with Gasteiger partial charge in [0, 0.05) is 12.7 Å². The van der Waals surface area contributed by atoms with Gasteiger partial charge in [-0.15, -0.1) is 0 Å². The molecule has 0 saturated heterocycles. The number of hydrogen-bond acceptors (Lipinski definition) is 4. The fraction of sp³-hybridized carbons (Fsp3) is 0.571. The van der Waals surface area contributed by atoms with E-state index in [-0.39, 0.29) is 10.6 Å². The van der Waals surface area contributed by atoms with E-state index in [9.17, 15) is 9.90 Å². The fourth-order valence-electron chi connectivity index (χ4n) is 2.52. The highest BCUT2D eigenvalue weighted by molar-refractivity contribution is 6.33. The van der Waals surface area contributed by atoms with Gasteiger partial charge >= 0.3 is 5.97 Å². The molecule has 0 amide bonds. The van der Waals surface area contributed by atoms with E-state index in [0.717, 1.165) is 38.5 Å². The Hall–Kier alpha value is -1.33. The summed E-state index contributed by atoms with van der Waals surface area (Å²) in [7, 11) is 0. The zero-order valence-electron chi connectivity index (χ0n) is 11.2. The summed E-state index contributed by atoms with van der Waals surface area (Å²) in [5.41, 5.74) is -0.724. The summed E-state index contributed by atoms with van der Waals surface area (Å²) >= 11 is 5.77. The van der Waals surface area contributed by atoms with Crippen LogP contribution in [0.3, 0.4) is 0 Å². The smallest absolute Gasteiger partial charge is 0.337 e. The zero-order valence-corrected chi connectivity index (χ0v) is 12.0. The number of rotatable bonds is 4. The Morgan fingerprint density at radius 3 is 2.60 bits per heavy atom. The van der Waals surface area contributed by atoms with E-state index in [0.29, 0.717) is 12.4 Å². The topological polar surface area (TPSA) is 82.5 Å². The Labute approximate surface area is 123 Å². The first-order valence-corrected chi connectivity index (χ1v) is 7.23. The van der Waals surface area contributed by atoms with Crippen LogP contribution in [0.1, 0.15) is 48.9 Å². The number of nitrogens with zero attached hydrogens (tertiary/aromatic N) is 1. The first-order chi connectivity index (χ1) is 9.50. The van der Waals surface area contributed by atoms with Gasteiger partial charge in [-0.2, -0.15) is 0 Å². The molecule has 3 N–H and O–H groups in total. The molecule has 0 radical (unpaired) electrons. The van der Waals surface area contributed by atoms with Crippen LogP contribution in [0.15, 0.2) is 12.3 Å². The van der Waals surface area contributed by atoms with Crippen LogP contribution >= 0.6 is 11.6 Å². The van der Waals surface area contributed by atoms with Gasteiger partial charge in [-0.3, -0.25) is 0 Å². The second-order valence-electron chi connectivity index (χ2n) is 5.35. The molecule has 0 unspecified atom stereocenters. The summed E-state index contributed by atoms with van der Waals surface area (Å²) in [4.78, 5) is 15.0. The highest BCUT2D eigenvalue weighted by Gasteiger charge is 2.27. The molecule has 0 atom stereocenters. The number of pyridine rings is 1. The van der Waals surface area contributed by atoms with Gasteiger partial charge in [0.2, 0.25) is 0 Å². The molecule has 1 saturated carbocycles. The monoisotopic (exact) mass is 298 g/mol. The molecule has 1 aliphatic carbocycles. The van der Waals surface area contributed by atoms with Crippen LogP contribution in [0.4, 0.5) is 5.82 Å². The van der Waals surface area contributed by atoms with Crippen molar-refractivity contribution in [2.45, 2.75) is 44.1 Å². The van der Waals surface area contributed by atoms with E-state index in [2.05, 4.69) is 10.3 Å². The average molecular weight is 299 g/mol. The van der Waals surface area contributed by atoms with E-state index >= 15 is 0 Å². The van der Waals surface area contributed by atoms with Crippen LogP contribution in [0.2, 0.25) is 5.02 Å². The van der Waals surface area contributed by atoms with Crippen LogP contribution < -0.4 is 5.32 Å². The maximum absolute atomic E-state index is 11.0. The van der Waals surface area contributed by atoms with Crippen molar-refractivity contribution in [3.8, 4) is 0 Å².